The molecule has 0 bridgehead atoms. The predicted molar refractivity (Wildman–Crippen MR) is 126 cm³/mol. The lowest BCUT2D eigenvalue weighted by atomic mass is 10.0. The second-order valence-corrected chi connectivity index (χ2v) is 11.0. The maximum atomic E-state index is 13.4. The number of carbonyl (C=O) groups is 2. The van der Waals surface area contributed by atoms with Gasteiger partial charge in [0.25, 0.3) is 11.1 Å². The highest BCUT2D eigenvalue weighted by molar-refractivity contribution is 8.25. The topological polar surface area (TPSA) is 80.3 Å². The molecule has 1 aliphatic rings. The van der Waals surface area contributed by atoms with Crippen molar-refractivity contribution < 1.29 is 18.0 Å². The summed E-state index contributed by atoms with van der Waals surface area (Å²) in [6.45, 7) is 1.83. The molecule has 7 heteroatoms. The molecule has 0 aromatic heterocycles. The molecular formula is C25H19NO4S2. The Morgan fingerprint density at radius 1 is 0.875 bits per heavy atom. The number of carbonyl (C=O) groups excluding carboxylic acids is 2. The molecule has 0 saturated carbocycles. The normalized spacial score (nSPS) is 18.0. The summed E-state index contributed by atoms with van der Waals surface area (Å²) >= 11 is 0.472. The molecule has 3 aromatic rings. The van der Waals surface area contributed by atoms with E-state index in [1.807, 2.05) is 61.5 Å². The van der Waals surface area contributed by atoms with E-state index in [2.05, 4.69) is 17.2 Å². The average molecular weight is 462 g/mol. The fourth-order valence-electron chi connectivity index (χ4n) is 3.34. The molecule has 1 N–H and O–H groups in total. The lowest BCUT2D eigenvalue weighted by Crippen LogP contribution is -2.43. The van der Waals surface area contributed by atoms with E-state index in [0.717, 1.165) is 16.7 Å². The largest absolute Gasteiger partial charge is 0.287 e. The van der Waals surface area contributed by atoms with Gasteiger partial charge < -0.3 is 0 Å². The first-order valence-corrected chi connectivity index (χ1v) is 12.1. The molecule has 0 spiro atoms. The van der Waals surface area contributed by atoms with Gasteiger partial charge in [-0.2, -0.15) is 0 Å². The van der Waals surface area contributed by atoms with E-state index in [-0.39, 0.29) is 11.3 Å². The second-order valence-electron chi connectivity index (χ2n) is 7.33. The molecule has 3 aromatic carbocycles. The second kappa shape index (κ2) is 8.65. The van der Waals surface area contributed by atoms with Crippen molar-refractivity contribution in [3.8, 4) is 23.0 Å². The van der Waals surface area contributed by atoms with E-state index >= 15 is 0 Å². The highest BCUT2D eigenvalue weighted by Gasteiger charge is 2.58. The van der Waals surface area contributed by atoms with Gasteiger partial charge in [0.05, 0.1) is 4.90 Å². The van der Waals surface area contributed by atoms with Gasteiger partial charge in [0.1, 0.15) is 0 Å². The summed E-state index contributed by atoms with van der Waals surface area (Å²) in [5.74, 6) is 4.88. The highest BCUT2D eigenvalue weighted by Crippen LogP contribution is 2.43. The van der Waals surface area contributed by atoms with E-state index in [4.69, 9.17) is 0 Å². The monoisotopic (exact) mass is 461 g/mol. The average Bonchev–Trinajstić information content (AvgIpc) is 3.09. The molecule has 0 radical (unpaired) electrons. The summed E-state index contributed by atoms with van der Waals surface area (Å²) in [5.41, 5.74) is 3.68. The van der Waals surface area contributed by atoms with Gasteiger partial charge >= 0.3 is 0 Å². The summed E-state index contributed by atoms with van der Waals surface area (Å²) in [4.78, 5) is 24.5. The molecule has 1 atom stereocenters. The van der Waals surface area contributed by atoms with Crippen LogP contribution in [0, 0.1) is 18.8 Å². The summed E-state index contributed by atoms with van der Waals surface area (Å²) in [6, 6.07) is 23.6. The Bertz CT molecular complexity index is 1340. The fourth-order valence-corrected chi connectivity index (χ4v) is 6.46. The molecular weight excluding hydrogens is 442 g/mol. The Morgan fingerprint density at radius 2 is 1.50 bits per heavy atom. The lowest BCUT2D eigenvalue weighted by Gasteiger charge is -2.22. The fraction of sp³-hybridized carbons (Fsp3) is 0.120. The van der Waals surface area contributed by atoms with Crippen LogP contribution >= 0.6 is 11.8 Å². The zero-order valence-electron chi connectivity index (χ0n) is 17.2. The Kier molecular flexibility index (Phi) is 5.92. The Balaban J connectivity index is 1.63. The molecule has 2 amide bonds. The third kappa shape index (κ3) is 4.07. The van der Waals surface area contributed by atoms with E-state index in [9.17, 15) is 18.0 Å². The van der Waals surface area contributed by atoms with Gasteiger partial charge in [0.2, 0.25) is 13.9 Å². The van der Waals surface area contributed by atoms with Crippen molar-refractivity contribution in [2.45, 2.75) is 22.3 Å². The predicted octanol–water partition coefficient (Wildman–Crippen LogP) is 4.56. The maximum absolute atomic E-state index is 13.4. The van der Waals surface area contributed by atoms with Crippen LogP contribution in [0.5, 0.6) is 0 Å². The maximum Gasteiger partial charge on any atom is 0.287 e. The Hall–Kier alpha value is -3.34. The minimum absolute atomic E-state index is 0.0190. The number of hydrogen-bond donors (Lipinski definition) is 1. The number of hydrogen-bond acceptors (Lipinski definition) is 5. The molecule has 5 nitrogen and oxygen atoms in total. The van der Waals surface area contributed by atoms with Gasteiger partial charge in [-0.15, -0.1) is 0 Å². The van der Waals surface area contributed by atoms with Gasteiger partial charge in [0, 0.05) is 12.0 Å². The van der Waals surface area contributed by atoms with Crippen molar-refractivity contribution in [2.24, 2.45) is 0 Å². The number of nitrogens with one attached hydrogen (secondary N) is 1. The highest BCUT2D eigenvalue weighted by atomic mass is 32.3. The van der Waals surface area contributed by atoms with E-state index < -0.39 is 25.1 Å². The van der Waals surface area contributed by atoms with E-state index in [0.29, 0.717) is 17.3 Å². The number of rotatable bonds is 4. The minimum atomic E-state index is -4.17. The first-order valence-electron chi connectivity index (χ1n) is 9.82. The van der Waals surface area contributed by atoms with Crippen LogP contribution in [0.4, 0.5) is 4.79 Å². The van der Waals surface area contributed by atoms with Crippen LogP contribution in [0.25, 0.3) is 11.1 Å². The quantitative estimate of drug-likeness (QED) is 0.577. The van der Waals surface area contributed by atoms with Crippen LogP contribution < -0.4 is 5.32 Å². The van der Waals surface area contributed by atoms with Crippen LogP contribution in [-0.4, -0.2) is 23.6 Å². The molecule has 1 fully saturated rings. The van der Waals surface area contributed by atoms with Gasteiger partial charge in [-0.25, -0.2) is 8.42 Å². The summed E-state index contributed by atoms with van der Waals surface area (Å²) in [5, 5.41) is 1.41. The molecule has 1 aliphatic heterocycles. The Morgan fingerprint density at radius 3 is 2.09 bits per heavy atom. The molecule has 0 aliphatic carbocycles. The molecule has 4 rings (SSSR count). The number of amides is 2. The summed E-state index contributed by atoms with van der Waals surface area (Å²) in [7, 11) is -4.17. The van der Waals surface area contributed by atoms with Crippen LogP contribution in [0.2, 0.25) is 0 Å². The molecule has 1 unspecified atom stereocenters. The van der Waals surface area contributed by atoms with Gasteiger partial charge in [-0.05, 0) is 54.1 Å². The van der Waals surface area contributed by atoms with Crippen LogP contribution in [0.15, 0.2) is 83.8 Å². The number of aryl methyl sites for hydroxylation is 1. The summed E-state index contributed by atoms with van der Waals surface area (Å²) in [6.07, 6.45) is -0.314. The lowest BCUT2D eigenvalue weighted by molar-refractivity contribution is -0.119. The van der Waals surface area contributed by atoms with Crippen LogP contribution in [0.1, 0.15) is 17.5 Å². The first kappa shape index (κ1) is 21.9. The van der Waals surface area contributed by atoms with Gasteiger partial charge in [-0.1, -0.05) is 72.0 Å². The minimum Gasteiger partial charge on any atom is -0.285 e. The smallest absolute Gasteiger partial charge is 0.285 e. The summed E-state index contributed by atoms with van der Waals surface area (Å²) < 4.78 is 24.7. The number of imide groups is 1. The molecule has 1 saturated heterocycles. The van der Waals surface area contributed by atoms with E-state index in [1.165, 1.54) is 12.1 Å². The Labute approximate surface area is 191 Å². The van der Waals surface area contributed by atoms with Gasteiger partial charge in [0.15, 0.2) is 0 Å². The van der Waals surface area contributed by atoms with E-state index in [1.54, 1.807) is 12.1 Å². The third-order valence-corrected chi connectivity index (χ3v) is 9.08. The van der Waals surface area contributed by atoms with Crippen molar-refractivity contribution >= 4 is 32.7 Å². The molecule has 32 heavy (non-hydrogen) atoms. The molecule has 1 heterocycles. The number of benzene rings is 3. The molecule has 160 valence electrons. The first-order chi connectivity index (χ1) is 15.3. The number of sulfone groups is 1. The third-order valence-electron chi connectivity index (χ3n) is 5.13. The van der Waals surface area contributed by atoms with Crippen molar-refractivity contribution in [1.29, 1.82) is 0 Å². The van der Waals surface area contributed by atoms with Crippen molar-refractivity contribution in [3.05, 3.63) is 90.0 Å². The van der Waals surface area contributed by atoms with Crippen molar-refractivity contribution in [1.82, 2.24) is 5.32 Å². The number of thioether (sulfide) groups is 1. The van der Waals surface area contributed by atoms with Gasteiger partial charge in [-0.3, -0.25) is 14.9 Å². The zero-order chi connectivity index (χ0) is 22.8. The van der Waals surface area contributed by atoms with Crippen molar-refractivity contribution in [2.75, 3.05) is 0 Å². The van der Waals surface area contributed by atoms with Crippen LogP contribution in [-0.2, 0) is 14.6 Å². The standard InChI is InChI=1S/C25H19NO4S2/c1-18-9-15-22(16-10-18)32(29,30)25(23(27)26-24(28)31-25)17-5-6-19-11-13-21(14-12-19)20-7-3-2-4-8-20/h2-4,7-16H,17H2,1H3,(H,26,27,28). The van der Waals surface area contributed by atoms with Crippen LogP contribution in [0.3, 0.4) is 0 Å². The zero-order valence-corrected chi connectivity index (χ0v) is 18.8. The van der Waals surface area contributed by atoms with Crippen molar-refractivity contribution in [3.63, 3.8) is 0 Å². The SMILES string of the molecule is Cc1ccc(S(=O)(=O)C2(CC#Cc3ccc(-c4ccccc4)cc3)SC(=O)NC2=O)cc1.